The summed E-state index contributed by atoms with van der Waals surface area (Å²) in [7, 11) is 0. The zero-order valence-corrected chi connectivity index (χ0v) is 14.2. The highest BCUT2D eigenvalue weighted by molar-refractivity contribution is 5.99. The van der Waals surface area contributed by atoms with E-state index < -0.39 is 0 Å². The highest BCUT2D eigenvalue weighted by Crippen LogP contribution is 2.30. The largest absolute Gasteiger partial charge is 0.486 e. The average Bonchev–Trinajstić information content (AvgIpc) is 2.65. The molecule has 3 rings (SSSR count). The van der Waals surface area contributed by atoms with Crippen molar-refractivity contribution in [1.82, 2.24) is 5.43 Å². The molecule has 1 aliphatic heterocycles. The summed E-state index contributed by atoms with van der Waals surface area (Å²) in [5, 5.41) is 4.11. The van der Waals surface area contributed by atoms with Crippen LogP contribution in [0, 0.1) is 6.92 Å². The van der Waals surface area contributed by atoms with E-state index in [4.69, 9.17) is 14.2 Å². The number of carbonyl (C=O) groups is 1. The van der Waals surface area contributed by atoms with Crippen LogP contribution in [0.5, 0.6) is 17.2 Å². The van der Waals surface area contributed by atoms with Crippen LogP contribution < -0.4 is 19.6 Å². The number of benzene rings is 2. The number of rotatable bonds is 5. The summed E-state index contributed by atoms with van der Waals surface area (Å²) in [5.41, 5.74) is 5.15. The second-order valence-electron chi connectivity index (χ2n) is 5.69. The zero-order valence-electron chi connectivity index (χ0n) is 14.2. The van der Waals surface area contributed by atoms with E-state index in [1.54, 1.807) is 0 Å². The van der Waals surface area contributed by atoms with E-state index in [0.29, 0.717) is 30.4 Å². The standard InChI is InChI=1S/C19H20N2O4/c1-13-3-6-16(7-4-13)25-12-19(22)21-20-14(2)15-5-8-17-18(11-15)24-10-9-23-17/h3-8,11H,9-10,12H2,1-2H3,(H,21,22)/b20-14-. The Morgan fingerprint density at radius 3 is 2.60 bits per heavy atom. The van der Waals surface area contributed by atoms with Gasteiger partial charge in [0, 0.05) is 5.56 Å². The first-order valence-electron chi connectivity index (χ1n) is 8.04. The maximum Gasteiger partial charge on any atom is 0.277 e. The van der Waals surface area contributed by atoms with Gasteiger partial charge in [-0.05, 0) is 44.2 Å². The summed E-state index contributed by atoms with van der Waals surface area (Å²) >= 11 is 0. The van der Waals surface area contributed by atoms with Crippen LogP contribution >= 0.6 is 0 Å². The molecule has 1 heterocycles. The molecule has 0 aromatic heterocycles. The molecule has 0 spiro atoms. The number of ether oxygens (including phenoxy) is 3. The van der Waals surface area contributed by atoms with Crippen molar-refractivity contribution >= 4 is 11.6 Å². The Hall–Kier alpha value is -3.02. The van der Waals surface area contributed by atoms with Gasteiger partial charge in [-0.15, -0.1) is 0 Å². The van der Waals surface area contributed by atoms with E-state index in [1.807, 2.05) is 56.3 Å². The highest BCUT2D eigenvalue weighted by Gasteiger charge is 2.12. The second kappa shape index (κ2) is 7.70. The molecule has 0 radical (unpaired) electrons. The van der Waals surface area contributed by atoms with Crippen LogP contribution in [0.25, 0.3) is 0 Å². The number of nitrogens with zero attached hydrogens (tertiary/aromatic N) is 1. The fourth-order valence-electron chi connectivity index (χ4n) is 2.29. The van der Waals surface area contributed by atoms with Gasteiger partial charge < -0.3 is 14.2 Å². The third kappa shape index (κ3) is 4.50. The summed E-state index contributed by atoms with van der Waals surface area (Å²) in [5.74, 6) is 1.73. The normalized spacial score (nSPS) is 13.3. The van der Waals surface area contributed by atoms with Crippen molar-refractivity contribution in [1.29, 1.82) is 0 Å². The van der Waals surface area contributed by atoms with E-state index in [9.17, 15) is 4.79 Å². The number of hydrazone groups is 1. The van der Waals surface area contributed by atoms with Crippen LogP contribution in [0.15, 0.2) is 47.6 Å². The molecule has 130 valence electrons. The molecule has 0 saturated heterocycles. The molecule has 1 N–H and O–H groups in total. The lowest BCUT2D eigenvalue weighted by Gasteiger charge is -2.18. The molecule has 6 nitrogen and oxygen atoms in total. The fourth-order valence-corrected chi connectivity index (χ4v) is 2.29. The molecule has 0 unspecified atom stereocenters. The van der Waals surface area contributed by atoms with Crippen molar-refractivity contribution in [3.05, 3.63) is 53.6 Å². The zero-order chi connectivity index (χ0) is 17.6. The summed E-state index contributed by atoms with van der Waals surface area (Å²) in [6.45, 7) is 4.79. The van der Waals surface area contributed by atoms with Gasteiger partial charge in [0.2, 0.25) is 0 Å². The molecule has 2 aromatic rings. The number of amides is 1. The first-order valence-corrected chi connectivity index (χ1v) is 8.04. The summed E-state index contributed by atoms with van der Waals surface area (Å²) in [6.07, 6.45) is 0. The molecule has 0 aliphatic carbocycles. The Morgan fingerprint density at radius 1 is 1.12 bits per heavy atom. The number of aryl methyl sites for hydroxylation is 1. The first kappa shape index (κ1) is 16.8. The second-order valence-corrected chi connectivity index (χ2v) is 5.69. The Morgan fingerprint density at radius 2 is 1.84 bits per heavy atom. The predicted molar refractivity (Wildman–Crippen MR) is 94.5 cm³/mol. The maximum atomic E-state index is 11.9. The number of hydrogen-bond acceptors (Lipinski definition) is 5. The molecule has 1 aliphatic rings. The van der Waals surface area contributed by atoms with Gasteiger partial charge in [0.15, 0.2) is 18.1 Å². The van der Waals surface area contributed by atoms with Crippen LogP contribution in [0.2, 0.25) is 0 Å². The van der Waals surface area contributed by atoms with Gasteiger partial charge in [0.25, 0.3) is 5.91 Å². The van der Waals surface area contributed by atoms with E-state index in [-0.39, 0.29) is 12.5 Å². The van der Waals surface area contributed by atoms with Crippen LogP contribution in [-0.4, -0.2) is 31.4 Å². The molecule has 0 fully saturated rings. The topological polar surface area (TPSA) is 69.2 Å². The predicted octanol–water partition coefficient (Wildman–Crippen LogP) is 2.69. The quantitative estimate of drug-likeness (QED) is 0.671. The van der Waals surface area contributed by atoms with Gasteiger partial charge in [-0.25, -0.2) is 5.43 Å². The SMILES string of the molecule is C/C(=N/NC(=O)COc1ccc(C)cc1)c1ccc2c(c1)OCCO2. The van der Waals surface area contributed by atoms with Crippen molar-refractivity contribution in [3.63, 3.8) is 0 Å². The monoisotopic (exact) mass is 340 g/mol. The molecule has 1 amide bonds. The van der Waals surface area contributed by atoms with Gasteiger partial charge in [-0.1, -0.05) is 17.7 Å². The first-order chi connectivity index (χ1) is 12.1. The van der Waals surface area contributed by atoms with E-state index in [1.165, 1.54) is 0 Å². The Labute approximate surface area is 146 Å². The number of hydrogen-bond donors (Lipinski definition) is 1. The lowest BCUT2D eigenvalue weighted by Crippen LogP contribution is -2.25. The Balaban J connectivity index is 1.55. The van der Waals surface area contributed by atoms with E-state index in [2.05, 4.69) is 10.5 Å². The lowest BCUT2D eigenvalue weighted by atomic mass is 10.1. The Bertz CT molecular complexity index is 785. The number of fused-ring (bicyclic) bond motifs is 1. The molecule has 0 bridgehead atoms. The van der Waals surface area contributed by atoms with Gasteiger partial charge in [0.1, 0.15) is 19.0 Å². The number of carbonyl (C=O) groups excluding carboxylic acids is 1. The highest BCUT2D eigenvalue weighted by atomic mass is 16.6. The van der Waals surface area contributed by atoms with Crippen LogP contribution in [-0.2, 0) is 4.79 Å². The van der Waals surface area contributed by atoms with Gasteiger partial charge in [-0.3, -0.25) is 4.79 Å². The molecule has 2 aromatic carbocycles. The fraction of sp³-hybridized carbons (Fsp3) is 0.263. The molecule has 0 saturated carbocycles. The van der Waals surface area contributed by atoms with Crippen molar-refractivity contribution in [2.45, 2.75) is 13.8 Å². The number of nitrogens with one attached hydrogen (secondary N) is 1. The third-order valence-electron chi connectivity index (χ3n) is 3.70. The van der Waals surface area contributed by atoms with Crippen molar-refractivity contribution < 1.29 is 19.0 Å². The summed E-state index contributed by atoms with van der Waals surface area (Å²) < 4.78 is 16.5. The minimum atomic E-state index is -0.322. The molecular formula is C19H20N2O4. The average molecular weight is 340 g/mol. The smallest absolute Gasteiger partial charge is 0.277 e. The maximum absolute atomic E-state index is 11.9. The lowest BCUT2D eigenvalue weighted by molar-refractivity contribution is -0.123. The van der Waals surface area contributed by atoms with Gasteiger partial charge in [-0.2, -0.15) is 5.10 Å². The van der Waals surface area contributed by atoms with Crippen LogP contribution in [0.1, 0.15) is 18.1 Å². The van der Waals surface area contributed by atoms with Gasteiger partial charge in [0.05, 0.1) is 5.71 Å². The molecular weight excluding hydrogens is 320 g/mol. The van der Waals surface area contributed by atoms with E-state index in [0.717, 1.165) is 16.9 Å². The summed E-state index contributed by atoms with van der Waals surface area (Å²) in [6, 6.07) is 13.1. The molecule has 25 heavy (non-hydrogen) atoms. The van der Waals surface area contributed by atoms with Crippen molar-refractivity contribution in [2.75, 3.05) is 19.8 Å². The molecule has 0 atom stereocenters. The van der Waals surface area contributed by atoms with E-state index >= 15 is 0 Å². The minimum Gasteiger partial charge on any atom is -0.486 e. The van der Waals surface area contributed by atoms with Crippen LogP contribution in [0.3, 0.4) is 0 Å². The van der Waals surface area contributed by atoms with Crippen molar-refractivity contribution in [3.8, 4) is 17.2 Å². The third-order valence-corrected chi connectivity index (χ3v) is 3.70. The molecule has 6 heteroatoms. The Kier molecular flexibility index (Phi) is 5.18. The summed E-state index contributed by atoms with van der Waals surface area (Å²) in [4.78, 5) is 11.9. The minimum absolute atomic E-state index is 0.0963. The van der Waals surface area contributed by atoms with Crippen molar-refractivity contribution in [2.24, 2.45) is 5.10 Å². The van der Waals surface area contributed by atoms with Crippen LogP contribution in [0.4, 0.5) is 0 Å². The van der Waals surface area contributed by atoms with Gasteiger partial charge >= 0.3 is 0 Å².